The molecule has 1 fully saturated rings. The lowest BCUT2D eigenvalue weighted by Gasteiger charge is -2.27. The SMILES string of the molecule is CCCCC1CCC(C(=O)Nc2sc(C)c(-c3cccs3)c2C(=O)OCC)CC1. The number of thiophene rings is 2. The van der Waals surface area contributed by atoms with Crippen molar-refractivity contribution in [3.05, 3.63) is 28.0 Å². The summed E-state index contributed by atoms with van der Waals surface area (Å²) in [6, 6.07) is 3.98. The maximum atomic E-state index is 13.0. The minimum atomic E-state index is -0.362. The van der Waals surface area contributed by atoms with E-state index in [4.69, 9.17) is 4.74 Å². The number of nitrogens with one attached hydrogen (secondary N) is 1. The van der Waals surface area contributed by atoms with E-state index in [0.29, 0.717) is 17.2 Å². The Kier molecular flexibility index (Phi) is 7.90. The minimum absolute atomic E-state index is 0.0375. The van der Waals surface area contributed by atoms with Gasteiger partial charge in [0.15, 0.2) is 0 Å². The van der Waals surface area contributed by atoms with Crippen LogP contribution in [-0.2, 0) is 9.53 Å². The summed E-state index contributed by atoms with van der Waals surface area (Å²) in [5.41, 5.74) is 1.39. The molecule has 0 saturated heterocycles. The Bertz CT molecular complexity index is 818. The van der Waals surface area contributed by atoms with Gasteiger partial charge in [0, 0.05) is 21.2 Å². The molecule has 2 heterocycles. The van der Waals surface area contributed by atoms with Crippen molar-refractivity contribution in [3.63, 3.8) is 0 Å². The number of carbonyl (C=O) groups excluding carboxylic acids is 2. The first-order chi connectivity index (χ1) is 14.0. The molecular formula is C23H31NO3S2. The molecule has 2 aromatic heterocycles. The van der Waals surface area contributed by atoms with E-state index in [1.54, 1.807) is 18.3 Å². The van der Waals surface area contributed by atoms with Crippen molar-refractivity contribution in [1.82, 2.24) is 0 Å². The molecule has 1 aliphatic rings. The maximum absolute atomic E-state index is 13.0. The summed E-state index contributed by atoms with van der Waals surface area (Å²) in [5, 5.41) is 5.71. The topological polar surface area (TPSA) is 55.4 Å². The molecule has 1 saturated carbocycles. The van der Waals surface area contributed by atoms with E-state index in [1.165, 1.54) is 30.6 Å². The van der Waals surface area contributed by atoms with Crippen LogP contribution in [0.1, 0.15) is 74.0 Å². The van der Waals surface area contributed by atoms with Gasteiger partial charge < -0.3 is 10.1 Å². The molecule has 0 bridgehead atoms. The highest BCUT2D eigenvalue weighted by Crippen LogP contribution is 2.42. The number of rotatable bonds is 8. The van der Waals surface area contributed by atoms with Gasteiger partial charge in [0.2, 0.25) is 5.91 Å². The van der Waals surface area contributed by atoms with Crippen molar-refractivity contribution in [2.24, 2.45) is 11.8 Å². The number of carbonyl (C=O) groups is 2. The van der Waals surface area contributed by atoms with Crippen molar-refractivity contribution < 1.29 is 14.3 Å². The number of amides is 1. The van der Waals surface area contributed by atoms with Crippen molar-refractivity contribution in [1.29, 1.82) is 0 Å². The predicted octanol–water partition coefficient (Wildman–Crippen LogP) is 6.90. The molecule has 0 unspecified atom stereocenters. The molecule has 29 heavy (non-hydrogen) atoms. The lowest BCUT2D eigenvalue weighted by molar-refractivity contribution is -0.121. The molecule has 3 rings (SSSR count). The van der Waals surface area contributed by atoms with Crippen LogP contribution in [0, 0.1) is 18.8 Å². The zero-order chi connectivity index (χ0) is 20.8. The first-order valence-electron chi connectivity index (χ1n) is 10.7. The Hall–Kier alpha value is -1.66. The number of unbranched alkanes of at least 4 members (excludes halogenated alkanes) is 1. The Morgan fingerprint density at radius 1 is 1.21 bits per heavy atom. The molecule has 1 aliphatic carbocycles. The van der Waals surface area contributed by atoms with Crippen LogP contribution in [0.15, 0.2) is 17.5 Å². The number of hydrogen-bond acceptors (Lipinski definition) is 5. The molecule has 0 spiro atoms. The van der Waals surface area contributed by atoms with Crippen LogP contribution in [0.4, 0.5) is 5.00 Å². The van der Waals surface area contributed by atoms with Crippen LogP contribution in [0.5, 0.6) is 0 Å². The number of hydrogen-bond donors (Lipinski definition) is 1. The second kappa shape index (κ2) is 10.4. The van der Waals surface area contributed by atoms with Crippen molar-refractivity contribution >= 4 is 39.6 Å². The van der Waals surface area contributed by atoms with Crippen LogP contribution in [0.3, 0.4) is 0 Å². The average Bonchev–Trinajstić information content (AvgIpc) is 3.34. The lowest BCUT2D eigenvalue weighted by atomic mass is 9.79. The van der Waals surface area contributed by atoms with Crippen LogP contribution >= 0.6 is 22.7 Å². The first-order valence-corrected chi connectivity index (χ1v) is 12.4. The third-order valence-corrected chi connectivity index (χ3v) is 7.66. The molecular weight excluding hydrogens is 402 g/mol. The summed E-state index contributed by atoms with van der Waals surface area (Å²) in [7, 11) is 0. The first kappa shape index (κ1) is 22.0. The van der Waals surface area contributed by atoms with Gasteiger partial charge in [-0.25, -0.2) is 4.79 Å². The van der Waals surface area contributed by atoms with Crippen molar-refractivity contribution in [3.8, 4) is 10.4 Å². The van der Waals surface area contributed by atoms with E-state index in [1.807, 2.05) is 24.4 Å². The zero-order valence-electron chi connectivity index (χ0n) is 17.6. The third-order valence-electron chi connectivity index (χ3n) is 5.75. The molecule has 0 aromatic carbocycles. The normalized spacial score (nSPS) is 19.1. The van der Waals surface area contributed by atoms with Crippen molar-refractivity contribution in [2.75, 3.05) is 11.9 Å². The monoisotopic (exact) mass is 433 g/mol. The molecule has 6 heteroatoms. The summed E-state index contributed by atoms with van der Waals surface area (Å²) >= 11 is 3.06. The highest BCUT2D eigenvalue weighted by atomic mass is 32.1. The van der Waals surface area contributed by atoms with Gasteiger partial charge in [0.1, 0.15) is 10.6 Å². The fourth-order valence-corrected chi connectivity index (χ4v) is 6.13. The highest BCUT2D eigenvalue weighted by molar-refractivity contribution is 7.18. The average molecular weight is 434 g/mol. The summed E-state index contributed by atoms with van der Waals surface area (Å²) < 4.78 is 5.32. The number of anilines is 1. The fraction of sp³-hybridized carbons (Fsp3) is 0.565. The van der Waals surface area contributed by atoms with Crippen LogP contribution < -0.4 is 5.32 Å². The summed E-state index contributed by atoms with van der Waals surface area (Å²) in [4.78, 5) is 27.8. The zero-order valence-corrected chi connectivity index (χ0v) is 19.2. The van der Waals surface area contributed by atoms with Gasteiger partial charge in [-0.1, -0.05) is 32.3 Å². The van der Waals surface area contributed by atoms with E-state index in [2.05, 4.69) is 12.2 Å². The molecule has 1 amide bonds. The van der Waals surface area contributed by atoms with E-state index >= 15 is 0 Å². The quantitative estimate of drug-likeness (QED) is 0.461. The largest absolute Gasteiger partial charge is 0.462 e. The van der Waals surface area contributed by atoms with Gasteiger partial charge >= 0.3 is 5.97 Å². The van der Waals surface area contributed by atoms with Gasteiger partial charge in [0.25, 0.3) is 0 Å². The summed E-state index contributed by atoms with van der Waals surface area (Å²) in [5.74, 6) is 0.487. The molecule has 0 aliphatic heterocycles. The van der Waals surface area contributed by atoms with Crippen LogP contribution in [0.25, 0.3) is 10.4 Å². The van der Waals surface area contributed by atoms with Gasteiger partial charge in [0.05, 0.1) is 6.61 Å². The Morgan fingerprint density at radius 2 is 1.97 bits per heavy atom. The van der Waals surface area contributed by atoms with E-state index in [9.17, 15) is 9.59 Å². The van der Waals surface area contributed by atoms with Crippen LogP contribution in [-0.4, -0.2) is 18.5 Å². The minimum Gasteiger partial charge on any atom is -0.462 e. The molecule has 2 aromatic rings. The van der Waals surface area contributed by atoms with Gasteiger partial charge in [-0.3, -0.25) is 4.79 Å². The fourth-order valence-electron chi connectivity index (χ4n) is 4.17. The lowest BCUT2D eigenvalue weighted by Crippen LogP contribution is -2.27. The van der Waals surface area contributed by atoms with Gasteiger partial charge in [-0.15, -0.1) is 22.7 Å². The second-order valence-electron chi connectivity index (χ2n) is 7.78. The number of esters is 1. The van der Waals surface area contributed by atoms with Gasteiger partial charge in [-0.2, -0.15) is 0 Å². The van der Waals surface area contributed by atoms with Crippen molar-refractivity contribution in [2.45, 2.75) is 65.7 Å². The molecule has 4 nitrogen and oxygen atoms in total. The number of aryl methyl sites for hydroxylation is 1. The maximum Gasteiger partial charge on any atom is 0.341 e. The Balaban J connectivity index is 1.76. The van der Waals surface area contributed by atoms with Crippen LogP contribution in [0.2, 0.25) is 0 Å². The molecule has 0 atom stereocenters. The highest BCUT2D eigenvalue weighted by Gasteiger charge is 2.30. The summed E-state index contributed by atoms with van der Waals surface area (Å²) in [6.45, 7) is 6.34. The third kappa shape index (κ3) is 5.28. The molecule has 0 radical (unpaired) electrons. The molecule has 158 valence electrons. The van der Waals surface area contributed by atoms with Gasteiger partial charge in [-0.05, 0) is 56.9 Å². The standard InChI is InChI=1S/C23H31NO3S2/c1-4-6-8-16-10-12-17(13-11-16)21(25)24-22-20(23(26)27-5-2)19(15(3)29-22)18-9-7-14-28-18/h7,9,14,16-17H,4-6,8,10-13H2,1-3H3,(H,24,25). The van der Waals surface area contributed by atoms with E-state index < -0.39 is 0 Å². The predicted molar refractivity (Wildman–Crippen MR) is 122 cm³/mol. The second-order valence-corrected chi connectivity index (χ2v) is 9.96. The number of ether oxygens (including phenoxy) is 1. The smallest absolute Gasteiger partial charge is 0.341 e. The van der Waals surface area contributed by atoms with E-state index in [0.717, 1.165) is 46.9 Å². The van der Waals surface area contributed by atoms with E-state index in [-0.39, 0.29) is 17.8 Å². The Labute approximate surface area is 181 Å². The molecule has 1 N–H and O–H groups in total. The Morgan fingerprint density at radius 3 is 2.59 bits per heavy atom. The summed E-state index contributed by atoms with van der Waals surface area (Å²) in [6.07, 6.45) is 7.95.